The maximum Gasteiger partial charge on any atom is 0.264 e. The number of rotatable bonds is 2. The lowest BCUT2D eigenvalue weighted by Gasteiger charge is -2.28. The summed E-state index contributed by atoms with van der Waals surface area (Å²) >= 11 is 0. The molecule has 5 nitrogen and oxygen atoms in total. The van der Waals surface area contributed by atoms with Crippen molar-refractivity contribution in [1.29, 1.82) is 0 Å². The largest absolute Gasteiger partial charge is 0.311 e. The minimum Gasteiger partial charge on any atom is -0.311 e. The van der Waals surface area contributed by atoms with Crippen molar-refractivity contribution in [3.05, 3.63) is 53.1 Å². The van der Waals surface area contributed by atoms with Crippen LogP contribution in [0.3, 0.4) is 0 Å². The number of nitrogens with zero attached hydrogens (tertiary/aromatic N) is 2. The van der Waals surface area contributed by atoms with E-state index in [4.69, 9.17) is 0 Å². The number of amides is 1. The summed E-state index contributed by atoms with van der Waals surface area (Å²) in [5.74, 6) is -0.198. The first-order valence-corrected chi connectivity index (χ1v) is 10.9. The van der Waals surface area contributed by atoms with Crippen molar-refractivity contribution in [2.24, 2.45) is 0 Å². The van der Waals surface area contributed by atoms with Gasteiger partial charge < -0.3 is 4.90 Å². The van der Waals surface area contributed by atoms with Crippen molar-refractivity contribution in [2.75, 3.05) is 15.7 Å². The first kappa shape index (κ1) is 16.8. The summed E-state index contributed by atoms with van der Waals surface area (Å²) in [5, 5.41) is 0. The second-order valence-electron chi connectivity index (χ2n) is 7.82. The molecule has 140 valence electrons. The molecule has 5 rings (SSSR count). The molecule has 0 saturated heterocycles. The van der Waals surface area contributed by atoms with Crippen LogP contribution in [0.15, 0.2) is 41.3 Å². The lowest BCUT2D eigenvalue weighted by molar-refractivity contribution is -0.119. The van der Waals surface area contributed by atoms with Crippen LogP contribution < -0.4 is 9.21 Å². The normalized spacial score (nSPS) is 23.6. The fourth-order valence-electron chi connectivity index (χ4n) is 4.83. The molecule has 3 aliphatic rings. The third-order valence-electron chi connectivity index (χ3n) is 6.09. The molecule has 0 radical (unpaired) electrons. The zero-order valence-electron chi connectivity index (χ0n) is 15.5. The summed E-state index contributed by atoms with van der Waals surface area (Å²) in [5.41, 5.74) is 4.62. The Morgan fingerprint density at radius 3 is 2.67 bits per heavy atom. The molecule has 2 atom stereocenters. The number of carbonyl (C=O) groups excluding carboxylic acids is 1. The Kier molecular flexibility index (Phi) is 3.47. The van der Waals surface area contributed by atoms with E-state index in [-0.39, 0.29) is 17.9 Å². The van der Waals surface area contributed by atoms with Crippen molar-refractivity contribution in [3.63, 3.8) is 0 Å². The number of para-hydroxylation sites is 1. The van der Waals surface area contributed by atoms with Crippen molar-refractivity contribution in [1.82, 2.24) is 0 Å². The van der Waals surface area contributed by atoms with Crippen LogP contribution in [0.2, 0.25) is 0 Å². The molecule has 2 aromatic carbocycles. The van der Waals surface area contributed by atoms with Crippen molar-refractivity contribution in [3.8, 4) is 0 Å². The van der Waals surface area contributed by atoms with Crippen molar-refractivity contribution in [2.45, 2.75) is 50.0 Å². The maximum absolute atomic E-state index is 13.6. The van der Waals surface area contributed by atoms with Gasteiger partial charge in [0.05, 0.1) is 22.2 Å². The summed E-state index contributed by atoms with van der Waals surface area (Å²) in [4.78, 5) is 14.7. The SMILES string of the molecule is C[C@@H]1C(=O)N2CCCc3cc(S(=O)(=O)N4c5ccccc5C[C@H]4C)cc1c32. The van der Waals surface area contributed by atoms with Crippen LogP contribution in [0.4, 0.5) is 11.4 Å². The maximum atomic E-state index is 13.6. The standard InChI is InChI=1S/C21H22N2O3S/c1-13-10-15-6-3-4-8-19(15)23(13)27(25,26)17-11-16-7-5-9-22-20(16)18(12-17)14(2)21(22)24/h3-4,6,8,11-14H,5,7,9-10H2,1-2H3/t13-,14+/m1/s1. The molecule has 0 unspecified atom stereocenters. The summed E-state index contributed by atoms with van der Waals surface area (Å²) in [6.07, 6.45) is 2.40. The van der Waals surface area contributed by atoms with Crippen LogP contribution >= 0.6 is 0 Å². The highest BCUT2D eigenvalue weighted by atomic mass is 32.2. The van der Waals surface area contributed by atoms with Gasteiger partial charge in [-0.25, -0.2) is 8.42 Å². The molecule has 0 spiro atoms. The van der Waals surface area contributed by atoms with E-state index in [0.717, 1.165) is 53.9 Å². The van der Waals surface area contributed by atoms with E-state index >= 15 is 0 Å². The van der Waals surface area contributed by atoms with Crippen molar-refractivity contribution >= 4 is 27.3 Å². The lowest BCUT2D eigenvalue weighted by Crippen LogP contribution is -2.36. The van der Waals surface area contributed by atoms with E-state index in [9.17, 15) is 13.2 Å². The summed E-state index contributed by atoms with van der Waals surface area (Å²) < 4.78 is 28.7. The average Bonchev–Trinajstić information content (AvgIpc) is 3.12. The molecule has 0 aromatic heterocycles. The molecule has 2 aromatic rings. The second kappa shape index (κ2) is 5.58. The lowest BCUT2D eigenvalue weighted by atomic mass is 9.97. The first-order valence-electron chi connectivity index (χ1n) is 9.50. The van der Waals surface area contributed by atoms with E-state index in [2.05, 4.69) is 0 Å². The number of carbonyl (C=O) groups is 1. The fraction of sp³-hybridized carbons (Fsp3) is 0.381. The molecule has 27 heavy (non-hydrogen) atoms. The van der Waals surface area contributed by atoms with E-state index in [1.807, 2.05) is 43.0 Å². The number of fused-ring (bicyclic) bond motifs is 1. The van der Waals surface area contributed by atoms with E-state index in [1.54, 1.807) is 16.4 Å². The molecule has 3 aliphatic heterocycles. The van der Waals surface area contributed by atoms with E-state index < -0.39 is 10.0 Å². The van der Waals surface area contributed by atoms with E-state index in [1.165, 1.54) is 0 Å². The van der Waals surface area contributed by atoms with Gasteiger partial charge in [0, 0.05) is 12.6 Å². The molecule has 0 fully saturated rings. The quantitative estimate of drug-likeness (QED) is 0.801. The minimum absolute atomic E-state index is 0.0837. The highest BCUT2D eigenvalue weighted by Crippen LogP contribution is 2.45. The fourth-order valence-corrected chi connectivity index (χ4v) is 6.61. The van der Waals surface area contributed by atoms with Crippen LogP contribution in [0, 0.1) is 0 Å². The molecule has 1 amide bonds. The van der Waals surface area contributed by atoms with Gasteiger partial charge in [0.2, 0.25) is 5.91 Å². The molecule has 0 bridgehead atoms. The molecular formula is C21H22N2O3S. The van der Waals surface area contributed by atoms with Gasteiger partial charge in [-0.2, -0.15) is 0 Å². The Balaban J connectivity index is 1.67. The third-order valence-corrected chi connectivity index (χ3v) is 8.00. The van der Waals surface area contributed by atoms with Gasteiger partial charge in [-0.3, -0.25) is 9.10 Å². The Morgan fingerprint density at radius 2 is 1.85 bits per heavy atom. The molecular weight excluding hydrogens is 360 g/mol. The average molecular weight is 382 g/mol. The second-order valence-corrected chi connectivity index (χ2v) is 9.63. The summed E-state index contributed by atoms with van der Waals surface area (Å²) in [6, 6.07) is 11.1. The van der Waals surface area contributed by atoms with Crippen LogP contribution in [-0.2, 0) is 27.7 Å². The molecule has 0 saturated carbocycles. The number of hydrogen-bond acceptors (Lipinski definition) is 3. The van der Waals surface area contributed by atoms with Crippen molar-refractivity contribution < 1.29 is 13.2 Å². The smallest absolute Gasteiger partial charge is 0.264 e. The molecule has 0 aliphatic carbocycles. The predicted molar refractivity (Wildman–Crippen MR) is 105 cm³/mol. The van der Waals surface area contributed by atoms with Crippen LogP contribution in [0.25, 0.3) is 0 Å². The Hall–Kier alpha value is -2.34. The zero-order valence-corrected chi connectivity index (χ0v) is 16.3. The van der Waals surface area contributed by atoms with Gasteiger partial charge in [-0.05, 0) is 68.0 Å². The van der Waals surface area contributed by atoms with Crippen LogP contribution in [0.1, 0.15) is 42.9 Å². The zero-order chi connectivity index (χ0) is 18.9. The topological polar surface area (TPSA) is 57.7 Å². The van der Waals surface area contributed by atoms with Crippen LogP contribution in [0.5, 0.6) is 0 Å². The summed E-state index contributed by atoms with van der Waals surface area (Å²) in [7, 11) is -3.69. The monoisotopic (exact) mass is 382 g/mol. The predicted octanol–water partition coefficient (Wildman–Crippen LogP) is 3.22. The van der Waals surface area contributed by atoms with Gasteiger partial charge in [0.1, 0.15) is 0 Å². The third kappa shape index (κ3) is 2.22. The van der Waals surface area contributed by atoms with Crippen LogP contribution in [-0.4, -0.2) is 26.9 Å². The highest BCUT2D eigenvalue weighted by Gasteiger charge is 2.41. The number of sulfonamides is 1. The Labute approximate surface area is 159 Å². The highest BCUT2D eigenvalue weighted by molar-refractivity contribution is 7.92. The Bertz CT molecular complexity index is 1080. The van der Waals surface area contributed by atoms with Gasteiger partial charge in [0.25, 0.3) is 10.0 Å². The Morgan fingerprint density at radius 1 is 1.07 bits per heavy atom. The number of benzene rings is 2. The molecule has 3 heterocycles. The summed E-state index contributed by atoms with van der Waals surface area (Å²) in [6.45, 7) is 4.55. The first-order chi connectivity index (χ1) is 12.9. The number of aryl methyl sites for hydroxylation is 1. The molecule has 6 heteroatoms. The van der Waals surface area contributed by atoms with Gasteiger partial charge in [-0.1, -0.05) is 18.2 Å². The van der Waals surface area contributed by atoms with Gasteiger partial charge >= 0.3 is 0 Å². The molecule has 0 N–H and O–H groups in total. The number of hydrogen-bond donors (Lipinski definition) is 0. The van der Waals surface area contributed by atoms with Gasteiger partial charge in [-0.15, -0.1) is 0 Å². The number of anilines is 2. The minimum atomic E-state index is -3.69. The van der Waals surface area contributed by atoms with Gasteiger partial charge in [0.15, 0.2) is 0 Å². The van der Waals surface area contributed by atoms with E-state index in [0.29, 0.717) is 4.90 Å².